The lowest BCUT2D eigenvalue weighted by Gasteiger charge is -2.28. The molecule has 0 saturated carbocycles. The molecule has 0 aliphatic rings. The number of hydrogen-bond acceptors (Lipinski definition) is 8. The van der Waals surface area contributed by atoms with Crippen LogP contribution in [-0.2, 0) is 32.7 Å². The average Bonchev–Trinajstić information content (AvgIpc) is 3.58. The molecule has 0 N–H and O–H groups in total. The third kappa shape index (κ3) is 70.5. The van der Waals surface area contributed by atoms with E-state index in [4.69, 9.17) is 18.5 Å². The fraction of sp³-hybridized carbons (Fsp3) is 0.615. The molecule has 0 aliphatic carbocycles. The number of quaternary nitrogens is 1. The lowest BCUT2D eigenvalue weighted by Crippen LogP contribution is -2.37. The number of unbranched alkanes of at least 4 members (excludes halogenated alkanes) is 20. The summed E-state index contributed by atoms with van der Waals surface area (Å²) in [5, 5.41) is 0. The number of phosphoric acid groups is 1. The summed E-state index contributed by atoms with van der Waals surface area (Å²) in [6.45, 7) is 3.99. The van der Waals surface area contributed by atoms with Crippen LogP contribution in [0.25, 0.3) is 0 Å². The van der Waals surface area contributed by atoms with E-state index in [1.54, 1.807) is 0 Å². The average molecular weight is 1240 g/mol. The van der Waals surface area contributed by atoms with Crippen LogP contribution < -0.4 is 4.89 Å². The van der Waals surface area contributed by atoms with Gasteiger partial charge in [0.05, 0.1) is 27.7 Å². The van der Waals surface area contributed by atoms with Crippen molar-refractivity contribution in [1.29, 1.82) is 0 Å². The van der Waals surface area contributed by atoms with Crippen molar-refractivity contribution in [3.8, 4) is 0 Å². The number of carbonyl (C=O) groups excluding carboxylic acids is 2. The Bertz CT molecular complexity index is 2090. The summed E-state index contributed by atoms with van der Waals surface area (Å²) in [6, 6.07) is 0. The minimum Gasteiger partial charge on any atom is -0.756 e. The van der Waals surface area contributed by atoms with E-state index >= 15 is 0 Å². The Morgan fingerprint density at radius 1 is 0.352 bits per heavy atom. The van der Waals surface area contributed by atoms with E-state index in [0.717, 1.165) is 135 Å². The van der Waals surface area contributed by atoms with E-state index in [-0.39, 0.29) is 26.1 Å². The minimum absolute atomic E-state index is 0.0409. The number of ether oxygens (including phenoxy) is 2. The van der Waals surface area contributed by atoms with Crippen LogP contribution in [0.2, 0.25) is 0 Å². The molecule has 0 rings (SSSR count). The van der Waals surface area contributed by atoms with Crippen molar-refractivity contribution < 1.29 is 42.1 Å². The van der Waals surface area contributed by atoms with Gasteiger partial charge >= 0.3 is 11.9 Å². The third-order valence-corrected chi connectivity index (χ3v) is 15.2. The molecule has 0 fully saturated rings. The zero-order valence-corrected chi connectivity index (χ0v) is 57.5. The molecule has 2 atom stereocenters. The number of rotatable bonds is 62. The zero-order chi connectivity index (χ0) is 64.1. The first kappa shape index (κ1) is 83.4. The Morgan fingerprint density at radius 2 is 0.614 bits per heavy atom. The van der Waals surface area contributed by atoms with Gasteiger partial charge in [0.2, 0.25) is 0 Å². The molecule has 0 radical (unpaired) electrons. The van der Waals surface area contributed by atoms with Gasteiger partial charge in [0, 0.05) is 12.8 Å². The standard InChI is InChI=1S/C78H128NO8P/c1-6-8-10-12-14-16-18-20-22-24-26-28-30-31-32-33-34-35-36-37-38-39-40-41-42-43-44-45-46-47-49-51-53-55-57-59-61-63-65-67-69-71-78(81)87-76(75-86-88(82,83)85-73-72-79(3,4)5)74-84-77(80)70-68-66-64-62-60-58-56-54-52-50-48-29-27-25-23-21-19-17-15-13-11-9-7-2/h8-11,14-17,20-23,26-29,31-32,34-35,37-38,40-41,43-44,50,52,76H,6-7,12-13,18-19,24-25,30,33,36,39,42,45-49,51,53-75H2,1-5H3/b10-8-,11-9-,16-14-,17-15-,22-20-,23-21-,28-26-,29-27-,32-31-,35-34-,38-37-,41-40-,44-43-,52-50-. The summed E-state index contributed by atoms with van der Waals surface area (Å²) in [6.07, 6.45) is 101. The first-order chi connectivity index (χ1) is 43.0. The number of nitrogens with zero attached hydrogens (tertiary/aromatic N) is 1. The van der Waals surface area contributed by atoms with Gasteiger partial charge in [0.25, 0.3) is 7.82 Å². The second-order valence-corrected chi connectivity index (χ2v) is 25.2. The van der Waals surface area contributed by atoms with E-state index in [0.29, 0.717) is 23.9 Å². The second-order valence-electron chi connectivity index (χ2n) is 23.8. The Hall–Kier alpha value is -4.63. The lowest BCUT2D eigenvalue weighted by molar-refractivity contribution is -0.870. The van der Waals surface area contributed by atoms with Crippen LogP contribution in [0.1, 0.15) is 258 Å². The summed E-state index contributed by atoms with van der Waals surface area (Å²) < 4.78 is 34.3. The Labute approximate surface area is 540 Å². The summed E-state index contributed by atoms with van der Waals surface area (Å²) >= 11 is 0. The maximum absolute atomic E-state index is 12.9. The van der Waals surface area contributed by atoms with Crippen LogP contribution in [0.3, 0.4) is 0 Å². The topological polar surface area (TPSA) is 111 Å². The van der Waals surface area contributed by atoms with Crippen LogP contribution >= 0.6 is 7.82 Å². The molecular weight excluding hydrogens is 1110 g/mol. The number of esters is 2. The van der Waals surface area contributed by atoms with E-state index in [1.807, 2.05) is 21.1 Å². The van der Waals surface area contributed by atoms with Crippen LogP contribution in [0, 0.1) is 0 Å². The molecule has 0 saturated heterocycles. The highest BCUT2D eigenvalue weighted by Crippen LogP contribution is 2.38. The quantitative estimate of drug-likeness (QED) is 0.0195. The second kappa shape index (κ2) is 66.8. The van der Waals surface area contributed by atoms with Crippen molar-refractivity contribution in [2.75, 3.05) is 47.5 Å². The van der Waals surface area contributed by atoms with Crippen LogP contribution in [0.15, 0.2) is 170 Å². The Kier molecular flexibility index (Phi) is 63.3. The molecule has 0 amide bonds. The number of likely N-dealkylation sites (N-methyl/N-ethyl adjacent to an activating group) is 1. The summed E-state index contributed by atoms with van der Waals surface area (Å²) in [5.41, 5.74) is 0. The van der Waals surface area contributed by atoms with Gasteiger partial charge in [0.1, 0.15) is 19.8 Å². The van der Waals surface area contributed by atoms with E-state index in [2.05, 4.69) is 184 Å². The fourth-order valence-corrected chi connectivity index (χ4v) is 9.70. The lowest BCUT2D eigenvalue weighted by atomic mass is 10.0. The maximum Gasteiger partial charge on any atom is 0.306 e. The molecule has 0 aromatic carbocycles. The summed E-state index contributed by atoms with van der Waals surface area (Å²) in [4.78, 5) is 38.0. The molecule has 0 spiro atoms. The monoisotopic (exact) mass is 1240 g/mol. The first-order valence-electron chi connectivity index (χ1n) is 34.8. The predicted octanol–water partition coefficient (Wildman–Crippen LogP) is 22.3. The van der Waals surface area contributed by atoms with Gasteiger partial charge in [-0.25, -0.2) is 0 Å². The largest absolute Gasteiger partial charge is 0.756 e. The van der Waals surface area contributed by atoms with Crippen molar-refractivity contribution in [3.05, 3.63) is 170 Å². The van der Waals surface area contributed by atoms with Crippen molar-refractivity contribution in [1.82, 2.24) is 0 Å². The zero-order valence-electron chi connectivity index (χ0n) is 56.6. The molecule has 10 heteroatoms. The van der Waals surface area contributed by atoms with E-state index in [1.165, 1.54) is 83.5 Å². The highest BCUT2D eigenvalue weighted by atomic mass is 31.2. The third-order valence-electron chi connectivity index (χ3n) is 14.2. The SMILES string of the molecule is CC/C=C\C/C=C\C/C=C\C/C=C\C/C=C\C/C=C\C/C=C\C/C=C\C/C=C\CCCCCCCCCCCCCCCC(=O)OC(COC(=O)CCCCCCCCC/C=C\C/C=C\C/C=C\C/C=C\C/C=C\CC)COP(=O)([O-])OCC[N+](C)(C)C. The number of allylic oxidation sites excluding steroid dienone is 28. The summed E-state index contributed by atoms with van der Waals surface area (Å²) in [7, 11) is 1.14. The van der Waals surface area contributed by atoms with E-state index in [9.17, 15) is 19.0 Å². The first-order valence-corrected chi connectivity index (χ1v) is 36.3. The molecule has 88 heavy (non-hydrogen) atoms. The molecule has 0 aromatic rings. The fourth-order valence-electron chi connectivity index (χ4n) is 8.97. The van der Waals surface area contributed by atoms with Crippen molar-refractivity contribution in [3.63, 3.8) is 0 Å². The number of phosphoric ester groups is 1. The molecule has 0 heterocycles. The molecule has 9 nitrogen and oxygen atoms in total. The minimum atomic E-state index is -4.66. The molecule has 0 bridgehead atoms. The van der Waals surface area contributed by atoms with E-state index < -0.39 is 32.5 Å². The highest BCUT2D eigenvalue weighted by molar-refractivity contribution is 7.45. The van der Waals surface area contributed by atoms with Crippen molar-refractivity contribution >= 4 is 19.8 Å². The van der Waals surface area contributed by atoms with Crippen LogP contribution in [-0.4, -0.2) is 70.0 Å². The summed E-state index contributed by atoms with van der Waals surface area (Å²) in [5.74, 6) is -0.855. The maximum atomic E-state index is 12.9. The van der Waals surface area contributed by atoms with Gasteiger partial charge in [-0.05, 0) is 128 Å². The van der Waals surface area contributed by atoms with Crippen molar-refractivity contribution in [2.24, 2.45) is 0 Å². The normalized spacial score (nSPS) is 14.2. The Balaban J connectivity index is 4.09. The highest BCUT2D eigenvalue weighted by Gasteiger charge is 2.22. The molecular formula is C78H128NO8P. The predicted molar refractivity (Wildman–Crippen MR) is 378 cm³/mol. The van der Waals surface area contributed by atoms with Gasteiger partial charge < -0.3 is 27.9 Å². The number of hydrogen-bond donors (Lipinski definition) is 0. The smallest absolute Gasteiger partial charge is 0.306 e. The molecule has 0 aliphatic heterocycles. The molecule has 2 unspecified atom stereocenters. The van der Waals surface area contributed by atoms with Crippen LogP contribution in [0.4, 0.5) is 0 Å². The van der Waals surface area contributed by atoms with Gasteiger partial charge in [-0.2, -0.15) is 0 Å². The van der Waals surface area contributed by atoms with Crippen molar-refractivity contribution in [2.45, 2.75) is 264 Å². The van der Waals surface area contributed by atoms with Gasteiger partial charge in [-0.3, -0.25) is 14.2 Å². The van der Waals surface area contributed by atoms with Gasteiger partial charge in [-0.15, -0.1) is 0 Å². The molecule has 0 aromatic heterocycles. The van der Waals surface area contributed by atoms with Gasteiger partial charge in [0.15, 0.2) is 6.10 Å². The van der Waals surface area contributed by atoms with Gasteiger partial charge in [-0.1, -0.05) is 287 Å². The molecule has 498 valence electrons. The Morgan fingerprint density at radius 3 is 0.909 bits per heavy atom. The number of carbonyl (C=O) groups is 2. The van der Waals surface area contributed by atoms with Crippen LogP contribution in [0.5, 0.6) is 0 Å².